The van der Waals surface area contributed by atoms with Crippen LogP contribution in [0, 0.1) is 0 Å². The molecular weight excluding hydrogens is 396 g/mol. The molecule has 9 heteroatoms. The molecule has 0 unspecified atom stereocenters. The third-order valence-corrected chi connectivity index (χ3v) is 5.40. The fourth-order valence-corrected chi connectivity index (χ4v) is 3.55. The smallest absolute Gasteiger partial charge is 0.338 e. The van der Waals surface area contributed by atoms with Gasteiger partial charge in [-0.05, 0) is 43.7 Å². The topological polar surface area (TPSA) is 111 Å². The largest absolute Gasteiger partial charge is 0.495 e. The maximum absolute atomic E-state index is 12.4. The highest BCUT2D eigenvalue weighted by molar-refractivity contribution is 7.89. The van der Waals surface area contributed by atoms with E-state index in [1.807, 2.05) is 6.92 Å². The number of methoxy groups -OCH3 is 1. The molecule has 2 N–H and O–H groups in total. The Labute approximate surface area is 170 Å². The number of esters is 1. The van der Waals surface area contributed by atoms with Gasteiger partial charge in [0.1, 0.15) is 5.75 Å². The molecule has 8 nitrogen and oxygen atoms in total. The molecule has 0 heterocycles. The minimum Gasteiger partial charge on any atom is -0.495 e. The van der Waals surface area contributed by atoms with Crippen LogP contribution in [0.2, 0.25) is 0 Å². The minimum atomic E-state index is -3.72. The van der Waals surface area contributed by atoms with Crippen molar-refractivity contribution in [3.63, 3.8) is 0 Å². The summed E-state index contributed by atoms with van der Waals surface area (Å²) in [6.07, 6.45) is -0.467. The van der Waals surface area contributed by atoms with E-state index in [0.717, 1.165) is 0 Å². The van der Waals surface area contributed by atoms with Crippen LogP contribution in [0.15, 0.2) is 53.4 Å². The van der Waals surface area contributed by atoms with Crippen molar-refractivity contribution in [2.75, 3.05) is 19.0 Å². The third kappa shape index (κ3) is 6.03. The number of sulfonamides is 1. The van der Waals surface area contributed by atoms with E-state index >= 15 is 0 Å². The maximum atomic E-state index is 12.4. The first-order valence-electron chi connectivity index (χ1n) is 9.03. The zero-order valence-electron chi connectivity index (χ0n) is 16.5. The van der Waals surface area contributed by atoms with E-state index in [1.165, 1.54) is 38.3 Å². The van der Waals surface area contributed by atoms with Crippen LogP contribution in [0.25, 0.3) is 0 Å². The van der Waals surface area contributed by atoms with Crippen LogP contribution in [-0.4, -0.2) is 40.1 Å². The van der Waals surface area contributed by atoms with Gasteiger partial charge in [-0.25, -0.2) is 17.9 Å². The van der Waals surface area contributed by atoms with E-state index in [0.29, 0.717) is 17.9 Å². The predicted octanol–water partition coefficient (Wildman–Crippen LogP) is 2.57. The fourth-order valence-electron chi connectivity index (χ4n) is 2.37. The highest BCUT2D eigenvalue weighted by Crippen LogP contribution is 2.23. The Hall–Kier alpha value is -2.91. The molecule has 0 fully saturated rings. The first-order chi connectivity index (χ1) is 13.8. The summed E-state index contributed by atoms with van der Waals surface area (Å²) >= 11 is 0. The number of amides is 1. The van der Waals surface area contributed by atoms with Crippen molar-refractivity contribution in [1.82, 2.24) is 4.72 Å². The molecule has 2 aromatic rings. The van der Waals surface area contributed by atoms with Crippen LogP contribution >= 0.6 is 0 Å². The Balaban J connectivity index is 2.07. The van der Waals surface area contributed by atoms with Gasteiger partial charge in [0.25, 0.3) is 5.91 Å². The molecule has 0 spiro atoms. The van der Waals surface area contributed by atoms with E-state index in [1.54, 1.807) is 24.3 Å². The molecule has 1 atom stereocenters. The van der Waals surface area contributed by atoms with E-state index in [2.05, 4.69) is 10.0 Å². The van der Waals surface area contributed by atoms with E-state index in [-0.39, 0.29) is 17.0 Å². The van der Waals surface area contributed by atoms with Crippen molar-refractivity contribution in [2.24, 2.45) is 0 Å². The summed E-state index contributed by atoms with van der Waals surface area (Å²) in [5.74, 6) is -0.881. The van der Waals surface area contributed by atoms with Crippen LogP contribution in [0.4, 0.5) is 5.69 Å². The lowest BCUT2D eigenvalue weighted by molar-refractivity contribution is -0.123. The zero-order valence-corrected chi connectivity index (χ0v) is 17.3. The number of carbonyl (C=O) groups excluding carboxylic acids is 2. The maximum Gasteiger partial charge on any atom is 0.338 e. The Kier molecular flexibility index (Phi) is 7.74. The van der Waals surface area contributed by atoms with Crippen molar-refractivity contribution in [1.29, 1.82) is 0 Å². The normalized spacial score (nSPS) is 12.1. The second kappa shape index (κ2) is 10.0. The number of hydrogen-bond donors (Lipinski definition) is 2. The quantitative estimate of drug-likeness (QED) is 0.603. The predicted molar refractivity (Wildman–Crippen MR) is 108 cm³/mol. The lowest BCUT2D eigenvalue weighted by Crippen LogP contribution is -2.30. The monoisotopic (exact) mass is 420 g/mol. The van der Waals surface area contributed by atoms with Gasteiger partial charge < -0.3 is 14.8 Å². The standard InChI is InChI=1S/C20H24N2O6S/c1-4-12-21-29(25,26)16-9-7-8-15(13-16)20(24)28-14(2)19(23)22-17-10-5-6-11-18(17)27-3/h5-11,13-14,21H,4,12H2,1-3H3,(H,22,23)/t14-/m0/s1. The Morgan fingerprint density at radius 2 is 1.83 bits per heavy atom. The number of para-hydroxylation sites is 2. The van der Waals surface area contributed by atoms with Crippen LogP contribution in [0.5, 0.6) is 5.75 Å². The fraction of sp³-hybridized carbons (Fsp3) is 0.300. The first kappa shape index (κ1) is 22.4. The molecule has 0 aliphatic carbocycles. The molecular formula is C20H24N2O6S. The van der Waals surface area contributed by atoms with Crippen molar-refractivity contribution in [3.05, 3.63) is 54.1 Å². The number of anilines is 1. The van der Waals surface area contributed by atoms with E-state index in [4.69, 9.17) is 9.47 Å². The van der Waals surface area contributed by atoms with Gasteiger partial charge in [-0.15, -0.1) is 0 Å². The molecule has 0 saturated carbocycles. The third-order valence-electron chi connectivity index (χ3n) is 3.94. The number of benzene rings is 2. The number of carbonyl (C=O) groups is 2. The number of rotatable bonds is 9. The van der Waals surface area contributed by atoms with Crippen molar-refractivity contribution in [2.45, 2.75) is 31.3 Å². The summed E-state index contributed by atoms with van der Waals surface area (Å²) in [5, 5.41) is 2.63. The van der Waals surface area contributed by atoms with E-state index < -0.39 is 28.0 Å². The van der Waals surface area contributed by atoms with Gasteiger partial charge in [-0.1, -0.05) is 25.1 Å². The molecule has 0 aromatic heterocycles. The van der Waals surface area contributed by atoms with Gasteiger partial charge in [0, 0.05) is 6.54 Å². The van der Waals surface area contributed by atoms with Gasteiger partial charge in [-0.3, -0.25) is 4.79 Å². The average molecular weight is 420 g/mol. The van der Waals surface area contributed by atoms with Crippen LogP contribution in [0.1, 0.15) is 30.6 Å². The Morgan fingerprint density at radius 1 is 1.10 bits per heavy atom. The average Bonchev–Trinajstić information content (AvgIpc) is 2.72. The highest BCUT2D eigenvalue weighted by atomic mass is 32.2. The lowest BCUT2D eigenvalue weighted by Gasteiger charge is -2.15. The second-order valence-electron chi connectivity index (χ2n) is 6.16. The van der Waals surface area contributed by atoms with Crippen molar-refractivity contribution >= 4 is 27.6 Å². The first-order valence-corrected chi connectivity index (χ1v) is 10.5. The summed E-state index contributed by atoms with van der Waals surface area (Å²) in [6, 6.07) is 12.3. The Morgan fingerprint density at radius 3 is 2.52 bits per heavy atom. The molecule has 1 amide bonds. The second-order valence-corrected chi connectivity index (χ2v) is 7.93. The van der Waals surface area contributed by atoms with Crippen LogP contribution in [-0.2, 0) is 19.6 Å². The molecule has 0 radical (unpaired) electrons. The lowest BCUT2D eigenvalue weighted by atomic mass is 10.2. The molecule has 0 bridgehead atoms. The van der Waals surface area contributed by atoms with Crippen molar-refractivity contribution in [3.8, 4) is 5.75 Å². The molecule has 2 rings (SSSR count). The molecule has 0 aliphatic heterocycles. The van der Waals surface area contributed by atoms with Crippen LogP contribution in [0.3, 0.4) is 0 Å². The summed E-state index contributed by atoms with van der Waals surface area (Å²) < 4.78 is 37.2. The summed E-state index contributed by atoms with van der Waals surface area (Å²) in [7, 11) is -2.25. The molecule has 0 aliphatic rings. The molecule has 2 aromatic carbocycles. The van der Waals surface area contributed by atoms with Gasteiger partial charge >= 0.3 is 5.97 Å². The summed E-state index contributed by atoms with van der Waals surface area (Å²) in [6.45, 7) is 3.55. The van der Waals surface area contributed by atoms with Crippen molar-refractivity contribution < 1.29 is 27.5 Å². The number of nitrogens with one attached hydrogen (secondary N) is 2. The summed E-state index contributed by atoms with van der Waals surface area (Å²) in [4.78, 5) is 24.7. The zero-order chi connectivity index (χ0) is 21.4. The van der Waals surface area contributed by atoms with Gasteiger partial charge in [0.2, 0.25) is 10.0 Å². The molecule has 156 valence electrons. The minimum absolute atomic E-state index is 0.0290. The van der Waals surface area contributed by atoms with Gasteiger partial charge in [0.05, 0.1) is 23.3 Å². The summed E-state index contributed by atoms with van der Waals surface area (Å²) in [5.41, 5.74) is 0.472. The Bertz CT molecular complexity index is 974. The molecule has 29 heavy (non-hydrogen) atoms. The molecule has 0 saturated heterocycles. The van der Waals surface area contributed by atoms with Crippen LogP contribution < -0.4 is 14.8 Å². The SMILES string of the molecule is CCCNS(=O)(=O)c1cccc(C(=O)O[C@@H](C)C(=O)Nc2ccccc2OC)c1. The van der Waals surface area contributed by atoms with E-state index in [9.17, 15) is 18.0 Å². The number of hydrogen-bond acceptors (Lipinski definition) is 6. The van der Waals surface area contributed by atoms with Gasteiger partial charge in [0.15, 0.2) is 6.10 Å². The number of ether oxygens (including phenoxy) is 2. The van der Waals surface area contributed by atoms with Gasteiger partial charge in [-0.2, -0.15) is 0 Å². The highest BCUT2D eigenvalue weighted by Gasteiger charge is 2.22.